The van der Waals surface area contributed by atoms with Gasteiger partial charge < -0.3 is 27.9 Å². The van der Waals surface area contributed by atoms with Crippen LogP contribution in [-0.4, -0.2) is 62.7 Å². The summed E-state index contributed by atoms with van der Waals surface area (Å²) in [6.07, 6.45) is 11.3. The third-order valence-corrected chi connectivity index (χ3v) is 19.9. The van der Waals surface area contributed by atoms with Crippen molar-refractivity contribution < 1.29 is 18.7 Å². The van der Waals surface area contributed by atoms with Gasteiger partial charge in [0.1, 0.15) is 19.0 Å². The van der Waals surface area contributed by atoms with E-state index >= 15 is 0 Å². The maximum Gasteiger partial charge on any atom is 0.194 e. The molecule has 0 fully saturated rings. The highest BCUT2D eigenvalue weighted by molar-refractivity contribution is 9.10. The van der Waals surface area contributed by atoms with E-state index in [-0.39, 0.29) is 0 Å². The van der Waals surface area contributed by atoms with Gasteiger partial charge in [0.15, 0.2) is 27.0 Å². The molecule has 0 saturated heterocycles. The van der Waals surface area contributed by atoms with E-state index in [1.807, 2.05) is 174 Å². The van der Waals surface area contributed by atoms with Crippen molar-refractivity contribution in [1.29, 1.82) is 0 Å². The highest BCUT2D eigenvalue weighted by Gasteiger charge is 2.14. The summed E-state index contributed by atoms with van der Waals surface area (Å²) in [4.78, 5) is 10.7. The van der Waals surface area contributed by atoms with Crippen molar-refractivity contribution in [2.24, 2.45) is 21.1 Å². The Hall–Kier alpha value is -10.5. The summed E-state index contributed by atoms with van der Waals surface area (Å²) in [6.45, 7) is 29.1. The van der Waals surface area contributed by atoms with E-state index in [2.05, 4.69) is 244 Å². The first-order chi connectivity index (χ1) is 51.5. The van der Waals surface area contributed by atoms with Gasteiger partial charge in [-0.15, -0.1) is 22.7 Å². The van der Waals surface area contributed by atoms with Crippen molar-refractivity contribution in [2.75, 3.05) is 19.8 Å². The molecule has 8 aromatic heterocycles. The molecule has 10 heterocycles. The zero-order chi connectivity index (χ0) is 76.5. The van der Waals surface area contributed by atoms with Crippen LogP contribution in [0.15, 0.2) is 257 Å². The van der Waals surface area contributed by atoms with Crippen LogP contribution in [0.5, 0.6) is 17.2 Å². The number of hydrogen-bond donors (Lipinski definition) is 0. The van der Waals surface area contributed by atoms with E-state index < -0.39 is 0 Å². The molecule has 9 aromatic carbocycles. The number of benzene rings is 9. The highest BCUT2D eigenvalue weighted by Crippen LogP contribution is 2.33. The van der Waals surface area contributed by atoms with Gasteiger partial charge in [0.25, 0.3) is 0 Å². The van der Waals surface area contributed by atoms with Crippen LogP contribution in [0.3, 0.4) is 0 Å². The Balaban J connectivity index is 0.000000136. The monoisotopic (exact) mass is 1550 g/mol. The zero-order valence-corrected chi connectivity index (χ0v) is 68.2. The van der Waals surface area contributed by atoms with Gasteiger partial charge in [-0.1, -0.05) is 183 Å². The molecular weight excluding hydrogens is 1450 g/mol. The molecule has 0 radical (unpaired) electrons. The molecule has 13 nitrogen and oxygen atoms in total. The van der Waals surface area contributed by atoms with E-state index in [1.165, 1.54) is 88.6 Å². The number of imidazole rings is 2. The normalized spacial score (nSPS) is 11.2. The minimum Gasteiger partial charge on any atom is -0.493 e. The third-order valence-electron chi connectivity index (χ3n) is 17.7. The Kier molecular flexibility index (Phi) is 29.9. The van der Waals surface area contributed by atoms with Crippen LogP contribution in [0.25, 0.3) is 53.6 Å². The van der Waals surface area contributed by atoms with Gasteiger partial charge in [0.2, 0.25) is 0 Å². The lowest BCUT2D eigenvalue weighted by molar-refractivity contribution is 0.170. The number of rotatable bonds is 0. The summed E-state index contributed by atoms with van der Waals surface area (Å²) >= 11 is 12.3. The van der Waals surface area contributed by atoms with Gasteiger partial charge in [0.05, 0.1) is 29.2 Å². The Bertz CT molecular complexity index is 5320. The number of nitrogens with zero attached hydrogens (tertiary/aromatic N) is 9. The van der Waals surface area contributed by atoms with Crippen molar-refractivity contribution in [3.05, 3.63) is 336 Å². The molecule has 0 N–H and O–H groups in total. The second-order valence-corrected chi connectivity index (χ2v) is 29.3. The smallest absolute Gasteiger partial charge is 0.194 e. The molecule has 17 heteroatoms. The number of thiazole rings is 2. The predicted octanol–water partition coefficient (Wildman–Crippen LogP) is 24.1. The van der Waals surface area contributed by atoms with Gasteiger partial charge in [-0.2, -0.15) is 5.10 Å². The quantitative estimate of drug-likeness (QED) is 0.147. The number of aryl methyl sites for hydroxylation is 16. The number of aromatic nitrogens is 9. The van der Waals surface area contributed by atoms with Crippen LogP contribution >= 0.6 is 50.2 Å². The van der Waals surface area contributed by atoms with Gasteiger partial charge in [-0.25, -0.2) is 9.97 Å². The van der Waals surface area contributed by atoms with E-state index in [1.54, 1.807) is 22.7 Å². The largest absolute Gasteiger partial charge is 0.493 e. The standard InChI is InChI=1S/2C10H11N.C9H10N2.C9H10O2.C9H10O.C8H7NO.C8H10.C7H7Br.C7H7Cl.C7H8N2S.C6H6N2S/c1-8-4-3-5-10-9(8)6-7-11(10)2;1-8-7-11(2)10-6-4-3-5-9(8)10;1-7-8-5-3-4-6-9(8)11(2)10-7;1-7-3-2-4-8-9(7)11-6-5-10-8;1-7-3-2-4-9-8(7)5-6-10-9;1-6-7-4-2-3-5-8(7)10-9-6;1-7-4-3-5-8(2)6-7;2*1-6-3-2-4-7(8)5-6;1-5-6(2)9-3-4-10-7(9)8-5;1-5-4-7-6-8(5)2-3-9-6/h2*3-7H,1-2H3;3-6H,1-2H3;2-4H,5-6H2,1H3;2-4H,5-6H2,1H3;2-5H,1H3;3-6H,1-2H3;2*2-5H,1H3;3-4H,1-2H3;2-4H,1H3. The van der Waals surface area contributed by atoms with E-state index in [9.17, 15) is 0 Å². The summed E-state index contributed by atoms with van der Waals surface area (Å²) in [7, 11) is 6.12. The topological polar surface area (TPSA) is 116 Å². The van der Waals surface area contributed by atoms with E-state index in [0.29, 0.717) is 13.2 Å². The molecule has 0 aliphatic carbocycles. The first kappa shape index (κ1) is 80.6. The third kappa shape index (κ3) is 23.0. The molecular formula is C90H97BrClN9O4S2. The van der Waals surface area contributed by atoms with Gasteiger partial charge in [-0.05, 0) is 191 Å². The van der Waals surface area contributed by atoms with Crippen molar-refractivity contribution in [1.82, 2.24) is 42.8 Å². The second-order valence-electron chi connectivity index (χ2n) is 26.2. The fraction of sp³-hybridized carbons (Fsp3) is 0.222. The van der Waals surface area contributed by atoms with Gasteiger partial charge in [0, 0.05) is 128 Å². The number of ether oxygens (including phenoxy) is 3. The van der Waals surface area contributed by atoms with Crippen LogP contribution in [0.1, 0.15) is 78.5 Å². The second kappa shape index (κ2) is 39.7. The van der Waals surface area contributed by atoms with Crippen molar-refractivity contribution >= 4 is 104 Å². The number of fused-ring (bicyclic) bond motifs is 8. The maximum absolute atomic E-state index is 5.64. The molecule has 0 amide bonds. The Morgan fingerprint density at radius 1 is 0.439 bits per heavy atom. The van der Waals surface area contributed by atoms with Crippen molar-refractivity contribution in [3.63, 3.8) is 0 Å². The fourth-order valence-corrected chi connectivity index (χ4v) is 14.2. The maximum atomic E-state index is 5.64. The molecule has 0 unspecified atom stereocenters. The molecule has 107 heavy (non-hydrogen) atoms. The Morgan fingerprint density at radius 3 is 1.59 bits per heavy atom. The van der Waals surface area contributed by atoms with Crippen LogP contribution in [0.2, 0.25) is 5.02 Å². The van der Waals surface area contributed by atoms with E-state index in [0.717, 1.165) is 83.3 Å². The average molecular weight is 1550 g/mol. The van der Waals surface area contributed by atoms with Crippen LogP contribution in [0, 0.1) is 90.0 Å². The molecule has 2 aliphatic rings. The summed E-state index contributed by atoms with van der Waals surface area (Å²) in [5, 5.41) is 18.1. The van der Waals surface area contributed by atoms with Crippen molar-refractivity contribution in [3.8, 4) is 17.2 Å². The fourth-order valence-electron chi connectivity index (χ4n) is 11.9. The Morgan fingerprint density at radius 2 is 0.991 bits per heavy atom. The lowest BCUT2D eigenvalue weighted by Crippen LogP contribution is -2.15. The minimum absolute atomic E-state index is 0.663. The highest BCUT2D eigenvalue weighted by atomic mass is 79.9. The minimum atomic E-state index is 0.663. The number of hydrogen-bond acceptors (Lipinski definition) is 10. The van der Waals surface area contributed by atoms with Crippen LogP contribution in [0.4, 0.5) is 0 Å². The lowest BCUT2D eigenvalue weighted by atomic mass is 10.1. The average Bonchev–Trinajstić information content (AvgIpc) is 1.71. The first-order valence-corrected chi connectivity index (χ1v) is 38.5. The predicted molar refractivity (Wildman–Crippen MR) is 453 cm³/mol. The zero-order valence-electron chi connectivity index (χ0n) is 64.2. The molecule has 0 bridgehead atoms. The van der Waals surface area contributed by atoms with Crippen LogP contribution in [-0.2, 0) is 27.6 Å². The number of halogens is 2. The number of para-hydroxylation sites is 4. The molecule has 17 aromatic rings. The summed E-state index contributed by atoms with van der Waals surface area (Å²) in [5.74, 6) is 2.86. The first-order valence-electron chi connectivity index (χ1n) is 35.5. The molecule has 0 saturated carbocycles. The molecule has 552 valence electrons. The lowest BCUT2D eigenvalue weighted by Gasteiger charge is -2.19. The summed E-state index contributed by atoms with van der Waals surface area (Å²) in [5.41, 5.74) is 22.1. The summed E-state index contributed by atoms with van der Waals surface area (Å²) in [6, 6.07) is 69.6. The van der Waals surface area contributed by atoms with Crippen LogP contribution < -0.4 is 14.2 Å². The molecule has 19 rings (SSSR count). The molecule has 0 spiro atoms. The van der Waals surface area contributed by atoms with E-state index in [4.69, 9.17) is 30.3 Å². The SMILES string of the molecule is Cc1cccc(Br)c1.Cc1cccc(C)c1.Cc1cccc(Cl)c1.Cc1cccc2c1CCO2.Cc1cccc2c1OCCO2.Cc1cccc2c1ccn2C.Cc1cn(C)c2ccccc12.Cc1cnc2sccn12.Cc1nc2sccn2c1C.Cc1nn(C)c2ccccc12.Cc1noc2ccccc12. The Labute approximate surface area is 651 Å². The molecule has 2 aliphatic heterocycles. The van der Waals surface area contributed by atoms with Gasteiger partial charge in [-0.3, -0.25) is 13.5 Å². The van der Waals surface area contributed by atoms with Crippen molar-refractivity contribution in [2.45, 2.75) is 96.4 Å². The summed E-state index contributed by atoms with van der Waals surface area (Å²) < 4.78 is 32.7. The molecule has 0 atom stereocenters. The van der Waals surface area contributed by atoms with Gasteiger partial charge >= 0.3 is 0 Å².